The maximum Gasteiger partial charge on any atom is 0.238 e. The van der Waals surface area contributed by atoms with E-state index in [1.807, 2.05) is 0 Å². The van der Waals surface area contributed by atoms with Crippen molar-refractivity contribution in [2.24, 2.45) is 5.14 Å². The van der Waals surface area contributed by atoms with Crippen molar-refractivity contribution in [2.45, 2.75) is 37.6 Å². The van der Waals surface area contributed by atoms with Crippen LogP contribution in [0.2, 0.25) is 0 Å². The number of nitrogens with zero attached hydrogens (tertiary/aromatic N) is 1. The molecule has 0 spiro atoms. The average Bonchev–Trinajstić information content (AvgIpc) is 2.84. The number of hydrogen-bond donors (Lipinski definition) is 3. The Hall–Kier alpha value is -1.31. The molecule has 0 bridgehead atoms. The normalized spacial score (nSPS) is 17.9. The van der Waals surface area contributed by atoms with Gasteiger partial charge in [0.2, 0.25) is 10.0 Å². The number of rotatable bonds is 5. The first-order valence-electron chi connectivity index (χ1n) is 7.19. The van der Waals surface area contributed by atoms with Crippen LogP contribution in [-0.4, -0.2) is 39.0 Å². The molecular formula is C14H24N4O2S. The van der Waals surface area contributed by atoms with Crippen molar-refractivity contribution in [2.75, 3.05) is 30.7 Å². The average molecular weight is 312 g/mol. The number of hydrogen-bond acceptors (Lipinski definition) is 5. The van der Waals surface area contributed by atoms with Crippen LogP contribution in [0, 0.1) is 6.92 Å². The molecule has 7 heteroatoms. The van der Waals surface area contributed by atoms with Gasteiger partial charge in [-0.1, -0.05) is 0 Å². The number of benzene rings is 1. The Labute approximate surface area is 126 Å². The van der Waals surface area contributed by atoms with Gasteiger partial charge in [-0.3, -0.25) is 0 Å². The molecule has 0 radical (unpaired) electrons. The van der Waals surface area contributed by atoms with Crippen molar-refractivity contribution in [1.29, 1.82) is 0 Å². The Morgan fingerprint density at radius 2 is 1.95 bits per heavy atom. The minimum absolute atomic E-state index is 0.0818. The molecule has 0 aliphatic carbocycles. The largest absolute Gasteiger partial charge is 0.399 e. The fourth-order valence-electron chi connectivity index (χ4n) is 2.82. The second-order valence-electron chi connectivity index (χ2n) is 5.79. The van der Waals surface area contributed by atoms with Crippen molar-refractivity contribution in [3.63, 3.8) is 0 Å². The van der Waals surface area contributed by atoms with Crippen LogP contribution in [0.25, 0.3) is 0 Å². The first kappa shape index (κ1) is 16.1. The predicted octanol–water partition coefficient (Wildman–Crippen LogP) is 1.12. The summed E-state index contributed by atoms with van der Waals surface area (Å²) in [5, 5.41) is 8.59. The van der Waals surface area contributed by atoms with Gasteiger partial charge in [-0.05, 0) is 57.5 Å². The van der Waals surface area contributed by atoms with Crippen LogP contribution in [0.3, 0.4) is 0 Å². The molecule has 21 heavy (non-hydrogen) atoms. The van der Waals surface area contributed by atoms with Crippen LogP contribution in [0.4, 0.5) is 11.4 Å². The van der Waals surface area contributed by atoms with E-state index in [0.717, 1.165) is 25.3 Å². The predicted molar refractivity (Wildman–Crippen MR) is 85.7 cm³/mol. The number of nitrogens with two attached hydrogens (primary N) is 2. The Bertz CT molecular complexity index is 610. The van der Waals surface area contributed by atoms with Crippen molar-refractivity contribution in [1.82, 2.24) is 4.90 Å². The summed E-state index contributed by atoms with van der Waals surface area (Å²) in [5.41, 5.74) is 7.52. The van der Waals surface area contributed by atoms with Crippen LogP contribution in [0.15, 0.2) is 17.0 Å². The summed E-state index contributed by atoms with van der Waals surface area (Å²) in [7, 11) is -3.77. The highest BCUT2D eigenvalue weighted by molar-refractivity contribution is 7.89. The number of primary sulfonamides is 1. The van der Waals surface area contributed by atoms with E-state index in [-0.39, 0.29) is 10.9 Å². The molecule has 5 N–H and O–H groups in total. The third-order valence-corrected chi connectivity index (χ3v) is 4.86. The Morgan fingerprint density at radius 3 is 2.52 bits per heavy atom. The van der Waals surface area contributed by atoms with Crippen molar-refractivity contribution < 1.29 is 8.42 Å². The Kier molecular flexibility index (Phi) is 4.75. The maximum absolute atomic E-state index is 11.6. The van der Waals surface area contributed by atoms with Crippen LogP contribution in [0.5, 0.6) is 0 Å². The number of nitrogen functional groups attached to an aromatic ring is 1. The van der Waals surface area contributed by atoms with Crippen LogP contribution < -0.4 is 16.2 Å². The lowest BCUT2D eigenvalue weighted by Gasteiger charge is -2.23. The highest BCUT2D eigenvalue weighted by atomic mass is 32.2. The van der Waals surface area contributed by atoms with Crippen LogP contribution in [0.1, 0.15) is 25.3 Å². The molecule has 0 saturated carbocycles. The second kappa shape index (κ2) is 6.21. The molecule has 1 atom stereocenters. The van der Waals surface area contributed by atoms with E-state index in [9.17, 15) is 8.42 Å². The summed E-state index contributed by atoms with van der Waals surface area (Å²) in [6.45, 7) is 7.01. The number of nitrogens with one attached hydrogen (secondary N) is 1. The molecule has 1 heterocycles. The first-order chi connectivity index (χ1) is 9.77. The van der Waals surface area contributed by atoms with Gasteiger partial charge in [0.1, 0.15) is 0 Å². The SMILES string of the molecule is Cc1c(NC(C)CN2CCCC2)cc(N)cc1S(N)(=O)=O. The minimum Gasteiger partial charge on any atom is -0.399 e. The maximum atomic E-state index is 11.6. The number of anilines is 2. The molecule has 0 aromatic heterocycles. The van der Waals surface area contributed by atoms with E-state index in [4.69, 9.17) is 10.9 Å². The highest BCUT2D eigenvalue weighted by Crippen LogP contribution is 2.26. The quantitative estimate of drug-likeness (QED) is 0.707. The smallest absolute Gasteiger partial charge is 0.238 e. The molecule has 1 aromatic carbocycles. The van der Waals surface area contributed by atoms with Gasteiger partial charge in [0.15, 0.2) is 0 Å². The zero-order chi connectivity index (χ0) is 15.6. The van der Waals surface area contributed by atoms with Gasteiger partial charge in [-0.25, -0.2) is 13.6 Å². The lowest BCUT2D eigenvalue weighted by molar-refractivity contribution is 0.328. The summed E-state index contributed by atoms with van der Waals surface area (Å²) in [6, 6.07) is 3.36. The highest BCUT2D eigenvalue weighted by Gasteiger charge is 2.18. The van der Waals surface area contributed by atoms with E-state index < -0.39 is 10.0 Å². The van der Waals surface area contributed by atoms with Crippen molar-refractivity contribution >= 4 is 21.4 Å². The lowest BCUT2D eigenvalue weighted by atomic mass is 10.1. The minimum atomic E-state index is -3.77. The van der Waals surface area contributed by atoms with Gasteiger partial charge < -0.3 is 16.0 Å². The third-order valence-electron chi connectivity index (χ3n) is 3.82. The van der Waals surface area contributed by atoms with Gasteiger partial charge in [0.05, 0.1) is 4.90 Å². The van der Waals surface area contributed by atoms with Gasteiger partial charge in [0, 0.05) is 24.0 Å². The Balaban J connectivity index is 2.17. The van der Waals surface area contributed by atoms with E-state index in [1.165, 1.54) is 18.9 Å². The molecule has 1 aromatic rings. The summed E-state index contributed by atoms with van der Waals surface area (Å²) in [6.07, 6.45) is 2.50. The molecule has 6 nitrogen and oxygen atoms in total. The zero-order valence-electron chi connectivity index (χ0n) is 12.6. The monoisotopic (exact) mass is 312 g/mol. The van der Waals surface area contributed by atoms with Crippen molar-refractivity contribution in [3.8, 4) is 0 Å². The molecular weight excluding hydrogens is 288 g/mol. The van der Waals surface area contributed by atoms with Crippen molar-refractivity contribution in [3.05, 3.63) is 17.7 Å². The molecule has 2 rings (SSSR count). The van der Waals surface area contributed by atoms with E-state index >= 15 is 0 Å². The molecule has 118 valence electrons. The second-order valence-corrected chi connectivity index (χ2v) is 7.32. The Morgan fingerprint density at radius 1 is 1.33 bits per heavy atom. The summed E-state index contributed by atoms with van der Waals surface area (Å²) < 4.78 is 23.2. The third kappa shape index (κ3) is 4.09. The molecule has 1 saturated heterocycles. The van der Waals surface area contributed by atoms with Gasteiger partial charge in [-0.2, -0.15) is 0 Å². The molecule has 1 aliphatic heterocycles. The van der Waals surface area contributed by atoms with E-state index in [2.05, 4.69) is 17.1 Å². The standard InChI is InChI=1S/C14H24N4O2S/c1-10(9-18-5-3-4-6-18)17-13-7-12(15)8-14(11(13)2)21(16,19)20/h7-8,10,17H,3-6,9,15H2,1-2H3,(H2,16,19,20). The van der Waals surface area contributed by atoms with E-state index in [1.54, 1.807) is 13.0 Å². The van der Waals surface area contributed by atoms with E-state index in [0.29, 0.717) is 11.3 Å². The van der Waals surface area contributed by atoms with Crippen LogP contribution >= 0.6 is 0 Å². The fourth-order valence-corrected chi connectivity index (χ4v) is 3.66. The van der Waals surface area contributed by atoms with Gasteiger partial charge in [0.25, 0.3) is 0 Å². The first-order valence-corrected chi connectivity index (χ1v) is 8.74. The lowest BCUT2D eigenvalue weighted by Crippen LogP contribution is -2.33. The van der Waals surface area contributed by atoms with Crippen LogP contribution in [-0.2, 0) is 10.0 Å². The molecule has 1 unspecified atom stereocenters. The fraction of sp³-hybridized carbons (Fsp3) is 0.571. The number of sulfonamides is 1. The molecule has 0 amide bonds. The molecule has 1 aliphatic rings. The summed E-state index contributed by atoms with van der Waals surface area (Å²) >= 11 is 0. The zero-order valence-corrected chi connectivity index (χ0v) is 13.4. The number of likely N-dealkylation sites (tertiary alicyclic amines) is 1. The van der Waals surface area contributed by atoms with Gasteiger partial charge >= 0.3 is 0 Å². The topological polar surface area (TPSA) is 101 Å². The summed E-state index contributed by atoms with van der Waals surface area (Å²) in [4.78, 5) is 2.48. The van der Waals surface area contributed by atoms with Gasteiger partial charge in [-0.15, -0.1) is 0 Å². The summed E-state index contributed by atoms with van der Waals surface area (Å²) in [5.74, 6) is 0. The molecule has 1 fully saturated rings.